The number of halogens is 3. The smallest absolute Gasteiger partial charge is 0.328 e. The topological polar surface area (TPSA) is 53.0 Å². The molecule has 0 aromatic carbocycles. The zero-order chi connectivity index (χ0) is 12.3. The number of alkyl halides is 3. The fraction of sp³-hybridized carbons (Fsp3) is 0.900. The van der Waals surface area contributed by atoms with Crippen molar-refractivity contribution in [2.75, 3.05) is 13.1 Å². The molecule has 0 aromatic rings. The monoisotopic (exact) mass is 235 g/mol. The molecule has 2 N–H and O–H groups in total. The third kappa shape index (κ3) is 3.35. The molecule has 3 atom stereocenters. The number of nitrogens with two attached hydrogens (primary N) is 1. The summed E-state index contributed by atoms with van der Waals surface area (Å²) in [6.45, 7) is 2.15. The quantitative estimate of drug-likeness (QED) is 0.789. The van der Waals surface area contributed by atoms with E-state index in [1.165, 1.54) is 6.07 Å². The van der Waals surface area contributed by atoms with E-state index in [0.29, 0.717) is 19.4 Å². The molecule has 0 amide bonds. The molecule has 3 unspecified atom stereocenters. The molecule has 0 radical (unpaired) electrons. The summed E-state index contributed by atoms with van der Waals surface area (Å²) in [4.78, 5) is 1.70. The van der Waals surface area contributed by atoms with Crippen LogP contribution < -0.4 is 5.73 Å². The van der Waals surface area contributed by atoms with Gasteiger partial charge in [-0.15, -0.1) is 0 Å². The second kappa shape index (κ2) is 5.02. The Morgan fingerprint density at radius 1 is 1.56 bits per heavy atom. The van der Waals surface area contributed by atoms with Crippen LogP contribution in [-0.4, -0.2) is 36.2 Å². The standard InChI is InChI=1S/C10H16F3N3/c1-7-4-9(15)2-3-16(7)6-8(5-14)10(11,12)13/h7-9H,2-4,6,15H2,1H3. The summed E-state index contributed by atoms with van der Waals surface area (Å²) < 4.78 is 37.2. The number of hydrogen-bond acceptors (Lipinski definition) is 3. The summed E-state index contributed by atoms with van der Waals surface area (Å²) in [5, 5.41) is 8.51. The van der Waals surface area contributed by atoms with Crippen molar-refractivity contribution in [2.45, 2.75) is 38.0 Å². The summed E-state index contributed by atoms with van der Waals surface area (Å²) >= 11 is 0. The van der Waals surface area contributed by atoms with Crippen molar-refractivity contribution >= 4 is 0 Å². The number of piperidine rings is 1. The Hall–Kier alpha value is -0.800. The van der Waals surface area contributed by atoms with E-state index < -0.39 is 12.1 Å². The van der Waals surface area contributed by atoms with E-state index in [9.17, 15) is 13.2 Å². The minimum atomic E-state index is -4.44. The Balaban J connectivity index is 2.57. The highest BCUT2D eigenvalue weighted by atomic mass is 19.4. The number of nitrogens with zero attached hydrogens (tertiary/aromatic N) is 2. The maximum Gasteiger partial charge on any atom is 0.405 e. The average Bonchev–Trinajstić information content (AvgIpc) is 2.14. The molecule has 1 saturated heterocycles. The van der Waals surface area contributed by atoms with Crippen LogP contribution in [0.3, 0.4) is 0 Å². The summed E-state index contributed by atoms with van der Waals surface area (Å²) in [6.07, 6.45) is -3.05. The Labute approximate surface area is 93.0 Å². The van der Waals surface area contributed by atoms with Gasteiger partial charge in [0, 0.05) is 18.6 Å². The van der Waals surface area contributed by atoms with E-state index in [1.807, 2.05) is 6.92 Å². The zero-order valence-electron chi connectivity index (χ0n) is 9.17. The van der Waals surface area contributed by atoms with E-state index in [1.54, 1.807) is 4.90 Å². The molecular formula is C10H16F3N3. The number of hydrogen-bond donors (Lipinski definition) is 1. The van der Waals surface area contributed by atoms with Crippen molar-refractivity contribution in [3.05, 3.63) is 0 Å². The molecule has 1 heterocycles. The average molecular weight is 235 g/mol. The minimum absolute atomic E-state index is 0.0157. The maximum absolute atomic E-state index is 12.4. The third-order valence-corrected chi connectivity index (χ3v) is 3.02. The van der Waals surface area contributed by atoms with Crippen LogP contribution in [0.4, 0.5) is 13.2 Å². The van der Waals surface area contributed by atoms with Gasteiger partial charge < -0.3 is 5.73 Å². The predicted octanol–water partition coefficient (Wildman–Crippen LogP) is 1.50. The lowest BCUT2D eigenvalue weighted by molar-refractivity contribution is -0.165. The van der Waals surface area contributed by atoms with Crippen LogP contribution in [0, 0.1) is 17.2 Å². The van der Waals surface area contributed by atoms with Gasteiger partial charge >= 0.3 is 6.18 Å². The van der Waals surface area contributed by atoms with Gasteiger partial charge in [0.2, 0.25) is 0 Å². The first-order valence-corrected chi connectivity index (χ1v) is 5.30. The Morgan fingerprint density at radius 2 is 2.19 bits per heavy atom. The molecule has 0 spiro atoms. The Bertz CT molecular complexity index is 271. The first-order chi connectivity index (χ1) is 7.34. The van der Waals surface area contributed by atoms with Crippen LogP contribution in [-0.2, 0) is 0 Å². The van der Waals surface area contributed by atoms with Gasteiger partial charge in [0.15, 0.2) is 5.92 Å². The molecule has 92 valence electrons. The SMILES string of the molecule is CC1CC(N)CCN1CC(C#N)C(F)(F)F. The van der Waals surface area contributed by atoms with E-state index >= 15 is 0 Å². The predicted molar refractivity (Wildman–Crippen MR) is 53.4 cm³/mol. The summed E-state index contributed by atoms with van der Waals surface area (Å²) in [7, 11) is 0. The van der Waals surface area contributed by atoms with Crippen molar-refractivity contribution in [3.8, 4) is 6.07 Å². The molecule has 0 saturated carbocycles. The van der Waals surface area contributed by atoms with Crippen molar-refractivity contribution < 1.29 is 13.2 Å². The molecular weight excluding hydrogens is 219 g/mol. The van der Waals surface area contributed by atoms with Crippen molar-refractivity contribution in [2.24, 2.45) is 11.7 Å². The molecule has 1 aliphatic rings. The number of likely N-dealkylation sites (tertiary alicyclic amines) is 1. The molecule has 1 rings (SSSR count). The summed E-state index contributed by atoms with van der Waals surface area (Å²) in [5.41, 5.74) is 5.72. The van der Waals surface area contributed by atoms with Crippen LogP contribution in [0.15, 0.2) is 0 Å². The molecule has 16 heavy (non-hydrogen) atoms. The van der Waals surface area contributed by atoms with Gasteiger partial charge in [-0.2, -0.15) is 18.4 Å². The Kier molecular flexibility index (Phi) is 4.16. The normalized spacial score (nSPS) is 29.8. The van der Waals surface area contributed by atoms with Crippen molar-refractivity contribution in [1.29, 1.82) is 5.26 Å². The molecule has 1 aliphatic heterocycles. The first-order valence-electron chi connectivity index (χ1n) is 5.30. The van der Waals surface area contributed by atoms with E-state index in [2.05, 4.69) is 0 Å². The van der Waals surface area contributed by atoms with Gasteiger partial charge in [0.25, 0.3) is 0 Å². The van der Waals surface area contributed by atoms with Crippen molar-refractivity contribution in [1.82, 2.24) is 4.90 Å². The Morgan fingerprint density at radius 3 is 2.62 bits per heavy atom. The van der Waals surface area contributed by atoms with Gasteiger partial charge in [-0.05, 0) is 26.3 Å². The largest absolute Gasteiger partial charge is 0.405 e. The second-order valence-corrected chi connectivity index (χ2v) is 4.35. The molecule has 0 bridgehead atoms. The molecule has 3 nitrogen and oxygen atoms in total. The van der Waals surface area contributed by atoms with Gasteiger partial charge in [-0.1, -0.05) is 0 Å². The maximum atomic E-state index is 12.4. The minimum Gasteiger partial charge on any atom is -0.328 e. The number of rotatable bonds is 2. The summed E-state index contributed by atoms with van der Waals surface area (Å²) in [5.74, 6) is -1.90. The van der Waals surface area contributed by atoms with Crippen LogP contribution in [0.5, 0.6) is 0 Å². The molecule has 0 aromatic heterocycles. The molecule has 1 fully saturated rings. The van der Waals surface area contributed by atoms with E-state index in [4.69, 9.17) is 11.0 Å². The number of nitriles is 1. The highest BCUT2D eigenvalue weighted by molar-refractivity contribution is 4.93. The zero-order valence-corrected chi connectivity index (χ0v) is 9.17. The van der Waals surface area contributed by atoms with Crippen LogP contribution in [0.1, 0.15) is 19.8 Å². The molecule has 6 heteroatoms. The lowest BCUT2D eigenvalue weighted by Gasteiger charge is -2.37. The van der Waals surface area contributed by atoms with Gasteiger partial charge in [0.05, 0.1) is 6.07 Å². The van der Waals surface area contributed by atoms with E-state index in [0.717, 1.165) is 0 Å². The first kappa shape index (κ1) is 13.3. The highest BCUT2D eigenvalue weighted by Crippen LogP contribution is 2.28. The fourth-order valence-corrected chi connectivity index (χ4v) is 1.98. The van der Waals surface area contributed by atoms with Crippen molar-refractivity contribution in [3.63, 3.8) is 0 Å². The third-order valence-electron chi connectivity index (χ3n) is 3.02. The van der Waals surface area contributed by atoms with Gasteiger partial charge in [-0.25, -0.2) is 0 Å². The van der Waals surface area contributed by atoms with Crippen LogP contribution in [0.25, 0.3) is 0 Å². The van der Waals surface area contributed by atoms with E-state index in [-0.39, 0.29) is 18.6 Å². The lowest BCUT2D eigenvalue weighted by atomic mass is 9.97. The van der Waals surface area contributed by atoms with Crippen LogP contribution in [0.2, 0.25) is 0 Å². The van der Waals surface area contributed by atoms with Crippen LogP contribution >= 0.6 is 0 Å². The second-order valence-electron chi connectivity index (χ2n) is 4.35. The highest BCUT2D eigenvalue weighted by Gasteiger charge is 2.41. The van der Waals surface area contributed by atoms with Gasteiger partial charge in [0.1, 0.15) is 0 Å². The summed E-state index contributed by atoms with van der Waals surface area (Å²) in [6, 6.07) is 1.41. The van der Waals surface area contributed by atoms with Gasteiger partial charge in [-0.3, -0.25) is 4.90 Å². The fourth-order valence-electron chi connectivity index (χ4n) is 1.98. The lowest BCUT2D eigenvalue weighted by Crippen LogP contribution is -2.48. The molecule has 0 aliphatic carbocycles.